The van der Waals surface area contributed by atoms with Gasteiger partial charge in [0, 0.05) is 51.4 Å². The van der Waals surface area contributed by atoms with Crippen LogP contribution in [0, 0.1) is 12.8 Å². The molecule has 168 valence electrons. The van der Waals surface area contributed by atoms with E-state index in [0.29, 0.717) is 51.5 Å². The Labute approximate surface area is 177 Å². The number of aromatic nitrogens is 2. The lowest BCUT2D eigenvalue weighted by molar-refractivity contribution is -0.138. The summed E-state index contributed by atoms with van der Waals surface area (Å²) >= 11 is 0. The quantitative estimate of drug-likeness (QED) is 0.725. The number of carbonyl (C=O) groups excluding carboxylic acids is 2. The fraction of sp³-hybridized carbons (Fsp3) is 0.737. The molecule has 30 heavy (non-hydrogen) atoms. The van der Waals surface area contributed by atoms with Gasteiger partial charge >= 0.3 is 6.09 Å². The van der Waals surface area contributed by atoms with Gasteiger partial charge in [-0.3, -0.25) is 4.79 Å². The maximum atomic E-state index is 13.0. The third kappa shape index (κ3) is 4.94. The van der Waals surface area contributed by atoms with Crippen LogP contribution in [0.3, 0.4) is 0 Å². The number of piperidine rings is 2. The molecule has 11 heteroatoms. The number of sulfonamides is 1. The molecule has 1 aromatic rings. The minimum Gasteiger partial charge on any atom is -0.450 e. The average molecular weight is 442 g/mol. The number of rotatable bonds is 5. The Morgan fingerprint density at radius 1 is 1.23 bits per heavy atom. The van der Waals surface area contributed by atoms with Crippen molar-refractivity contribution in [3.8, 4) is 0 Å². The predicted octanol–water partition coefficient (Wildman–Crippen LogP) is 0.866. The molecule has 1 atom stereocenters. The van der Waals surface area contributed by atoms with Crippen LogP contribution in [0.25, 0.3) is 0 Å². The van der Waals surface area contributed by atoms with E-state index >= 15 is 0 Å². The zero-order valence-corrected chi connectivity index (χ0v) is 18.7. The van der Waals surface area contributed by atoms with Gasteiger partial charge in [0.25, 0.3) is 10.0 Å². The highest BCUT2D eigenvalue weighted by molar-refractivity contribution is 7.89. The monoisotopic (exact) mass is 441 g/mol. The SMILES string of the molecule is CCOC(=O)NC1CCCN(C(=O)C2CCN(S(=O)(=O)c3cn(C)c(C)n3)CC2)C1. The standard InChI is InChI=1S/C19H31N5O5S/c1-4-29-19(26)21-16-6-5-9-23(12-16)18(25)15-7-10-24(11-8-15)30(27,28)17-13-22(3)14(2)20-17/h13,15-16H,4-12H2,1-3H3,(H,21,26). The van der Waals surface area contributed by atoms with Crippen LogP contribution in [0.4, 0.5) is 4.79 Å². The van der Waals surface area contributed by atoms with E-state index in [1.807, 2.05) is 0 Å². The molecule has 2 fully saturated rings. The third-order valence-corrected chi connectivity index (χ3v) is 7.59. The molecule has 2 aliphatic rings. The van der Waals surface area contributed by atoms with Gasteiger partial charge in [-0.25, -0.2) is 18.2 Å². The zero-order chi connectivity index (χ0) is 21.9. The molecule has 1 N–H and O–H groups in total. The van der Waals surface area contributed by atoms with Crippen LogP contribution in [0.5, 0.6) is 0 Å². The predicted molar refractivity (Wildman–Crippen MR) is 109 cm³/mol. The number of amides is 2. The summed E-state index contributed by atoms with van der Waals surface area (Å²) < 4.78 is 33.7. The second-order valence-corrected chi connectivity index (χ2v) is 9.79. The molecule has 0 aromatic carbocycles. The number of alkyl carbamates (subject to hydrolysis) is 1. The van der Waals surface area contributed by atoms with Crippen LogP contribution < -0.4 is 5.32 Å². The van der Waals surface area contributed by atoms with Crippen molar-refractivity contribution in [2.24, 2.45) is 13.0 Å². The Morgan fingerprint density at radius 2 is 1.93 bits per heavy atom. The van der Waals surface area contributed by atoms with Crippen molar-refractivity contribution >= 4 is 22.0 Å². The maximum Gasteiger partial charge on any atom is 0.407 e. The van der Waals surface area contributed by atoms with E-state index in [2.05, 4.69) is 10.3 Å². The van der Waals surface area contributed by atoms with Crippen LogP contribution >= 0.6 is 0 Å². The average Bonchev–Trinajstić information content (AvgIpc) is 3.07. The third-order valence-electron chi connectivity index (χ3n) is 5.82. The van der Waals surface area contributed by atoms with Gasteiger partial charge in [-0.05, 0) is 39.5 Å². The largest absolute Gasteiger partial charge is 0.450 e. The molecule has 3 heterocycles. The van der Waals surface area contributed by atoms with Gasteiger partial charge in [-0.2, -0.15) is 4.31 Å². The number of imidazole rings is 1. The van der Waals surface area contributed by atoms with Gasteiger partial charge < -0.3 is 19.5 Å². The summed E-state index contributed by atoms with van der Waals surface area (Å²) in [5.74, 6) is 0.467. The fourth-order valence-corrected chi connectivity index (χ4v) is 5.51. The van der Waals surface area contributed by atoms with Crippen molar-refractivity contribution in [2.75, 3.05) is 32.8 Å². The van der Waals surface area contributed by atoms with Crippen molar-refractivity contribution < 1.29 is 22.7 Å². The van der Waals surface area contributed by atoms with Crippen molar-refractivity contribution in [1.29, 1.82) is 0 Å². The van der Waals surface area contributed by atoms with Crippen LogP contribution in [0.2, 0.25) is 0 Å². The molecular formula is C19H31N5O5S. The van der Waals surface area contributed by atoms with Crippen LogP contribution in [-0.2, 0) is 26.6 Å². The van der Waals surface area contributed by atoms with Crippen LogP contribution in [-0.4, -0.2) is 78.0 Å². The Kier molecular flexibility index (Phi) is 7.02. The highest BCUT2D eigenvalue weighted by Gasteiger charge is 2.36. The highest BCUT2D eigenvalue weighted by atomic mass is 32.2. The first-order valence-corrected chi connectivity index (χ1v) is 11.9. The van der Waals surface area contributed by atoms with E-state index in [1.54, 1.807) is 30.4 Å². The Morgan fingerprint density at radius 3 is 2.53 bits per heavy atom. The second-order valence-electron chi connectivity index (χ2n) is 7.90. The number of ether oxygens (including phenoxy) is 1. The number of hydrogen-bond acceptors (Lipinski definition) is 6. The molecule has 0 bridgehead atoms. The molecule has 0 saturated carbocycles. The molecule has 0 spiro atoms. The van der Waals surface area contributed by atoms with E-state index in [1.165, 1.54) is 10.5 Å². The first-order chi connectivity index (χ1) is 14.2. The van der Waals surface area contributed by atoms with Gasteiger partial charge in [0.2, 0.25) is 5.91 Å². The molecule has 2 aliphatic heterocycles. The first-order valence-electron chi connectivity index (χ1n) is 10.4. The molecule has 10 nitrogen and oxygen atoms in total. The normalized spacial score (nSPS) is 21.4. The van der Waals surface area contributed by atoms with Gasteiger partial charge in [-0.1, -0.05) is 0 Å². The number of hydrogen-bond donors (Lipinski definition) is 1. The van der Waals surface area contributed by atoms with Gasteiger partial charge in [0.15, 0.2) is 5.03 Å². The topological polar surface area (TPSA) is 114 Å². The van der Waals surface area contributed by atoms with E-state index < -0.39 is 16.1 Å². The summed E-state index contributed by atoms with van der Waals surface area (Å²) in [6.07, 6.45) is 3.65. The number of aryl methyl sites for hydroxylation is 2. The van der Waals surface area contributed by atoms with Crippen LogP contribution in [0.15, 0.2) is 11.2 Å². The molecule has 1 unspecified atom stereocenters. The number of likely N-dealkylation sites (tertiary alicyclic amines) is 1. The van der Waals surface area contributed by atoms with Crippen molar-refractivity contribution in [3.63, 3.8) is 0 Å². The van der Waals surface area contributed by atoms with Crippen molar-refractivity contribution in [3.05, 3.63) is 12.0 Å². The minimum absolute atomic E-state index is 0.0380. The Bertz CT molecular complexity index is 856. The molecule has 3 rings (SSSR count). The van der Waals surface area contributed by atoms with E-state index in [0.717, 1.165) is 12.8 Å². The van der Waals surface area contributed by atoms with Crippen molar-refractivity contribution in [2.45, 2.75) is 50.6 Å². The van der Waals surface area contributed by atoms with Gasteiger partial charge in [0.1, 0.15) is 5.82 Å². The van der Waals surface area contributed by atoms with Crippen LogP contribution in [0.1, 0.15) is 38.4 Å². The Hall–Kier alpha value is -2.14. The van der Waals surface area contributed by atoms with Crippen molar-refractivity contribution in [1.82, 2.24) is 24.1 Å². The molecular weight excluding hydrogens is 410 g/mol. The van der Waals surface area contributed by atoms with Gasteiger partial charge in [-0.15, -0.1) is 0 Å². The summed E-state index contributed by atoms with van der Waals surface area (Å²) in [6.45, 7) is 5.53. The number of carbonyl (C=O) groups is 2. The van der Waals surface area contributed by atoms with E-state index in [-0.39, 0.29) is 22.9 Å². The summed E-state index contributed by atoms with van der Waals surface area (Å²) in [6, 6.07) is -0.116. The lowest BCUT2D eigenvalue weighted by Gasteiger charge is -2.37. The maximum absolute atomic E-state index is 13.0. The highest BCUT2D eigenvalue weighted by Crippen LogP contribution is 2.26. The minimum atomic E-state index is -3.65. The summed E-state index contributed by atoms with van der Waals surface area (Å²) in [5, 5.41) is 2.86. The summed E-state index contributed by atoms with van der Waals surface area (Å²) in [5.41, 5.74) is 0. The van der Waals surface area contributed by atoms with E-state index in [9.17, 15) is 18.0 Å². The molecule has 0 radical (unpaired) electrons. The van der Waals surface area contributed by atoms with E-state index in [4.69, 9.17) is 4.74 Å². The Balaban J connectivity index is 1.55. The molecule has 0 aliphatic carbocycles. The lowest BCUT2D eigenvalue weighted by atomic mass is 9.95. The number of nitrogens with one attached hydrogen (secondary N) is 1. The molecule has 2 amide bonds. The summed E-state index contributed by atoms with van der Waals surface area (Å²) in [4.78, 5) is 30.6. The summed E-state index contributed by atoms with van der Waals surface area (Å²) in [7, 11) is -1.89. The fourth-order valence-electron chi connectivity index (χ4n) is 4.02. The molecule has 2 saturated heterocycles. The number of nitrogens with zero attached hydrogens (tertiary/aromatic N) is 4. The smallest absolute Gasteiger partial charge is 0.407 e. The molecule has 1 aromatic heterocycles. The zero-order valence-electron chi connectivity index (χ0n) is 17.8. The van der Waals surface area contributed by atoms with Gasteiger partial charge in [0.05, 0.1) is 6.61 Å². The second kappa shape index (κ2) is 9.34. The first kappa shape index (κ1) is 22.5. The lowest BCUT2D eigenvalue weighted by Crippen LogP contribution is -2.52.